The first kappa shape index (κ1) is 16.7. The fraction of sp³-hybridized carbons (Fsp3) is 0.476. The van der Waals surface area contributed by atoms with Crippen LogP contribution in [0.2, 0.25) is 0 Å². The molecule has 1 aliphatic heterocycles. The number of carbonyl (C=O) groups is 1. The highest BCUT2D eigenvalue weighted by atomic mass is 16.2. The minimum absolute atomic E-state index is 0.121. The Balaban J connectivity index is 1.44. The number of aromatic nitrogens is 2. The average molecular weight is 363 g/mol. The summed E-state index contributed by atoms with van der Waals surface area (Å²) in [6.45, 7) is 2.32. The zero-order chi connectivity index (χ0) is 18.2. The van der Waals surface area contributed by atoms with Gasteiger partial charge in [0.05, 0.1) is 0 Å². The molecule has 27 heavy (non-hydrogen) atoms. The third kappa shape index (κ3) is 3.41. The van der Waals surface area contributed by atoms with Gasteiger partial charge >= 0.3 is 0 Å². The summed E-state index contributed by atoms with van der Waals surface area (Å²) < 4.78 is 0. The summed E-state index contributed by atoms with van der Waals surface area (Å²) >= 11 is 0. The van der Waals surface area contributed by atoms with E-state index in [-0.39, 0.29) is 11.9 Å². The molecule has 1 amide bonds. The van der Waals surface area contributed by atoms with Crippen molar-refractivity contribution in [1.82, 2.24) is 20.6 Å². The van der Waals surface area contributed by atoms with Crippen LogP contribution in [0.15, 0.2) is 30.3 Å². The van der Waals surface area contributed by atoms with E-state index in [1.807, 2.05) is 18.2 Å². The highest BCUT2D eigenvalue weighted by Gasteiger charge is 2.32. The van der Waals surface area contributed by atoms with Crippen molar-refractivity contribution >= 4 is 11.7 Å². The highest BCUT2D eigenvalue weighted by molar-refractivity contribution is 5.83. The number of anilines is 1. The molecule has 6 nitrogen and oxygen atoms in total. The van der Waals surface area contributed by atoms with E-state index < -0.39 is 0 Å². The molecule has 0 spiro atoms. The molecule has 1 saturated carbocycles. The van der Waals surface area contributed by atoms with Crippen LogP contribution in [0.4, 0.5) is 5.82 Å². The molecule has 2 heterocycles. The summed E-state index contributed by atoms with van der Waals surface area (Å²) in [6, 6.07) is 10.4. The van der Waals surface area contributed by atoms with Crippen molar-refractivity contribution < 1.29 is 4.79 Å². The molecule has 2 aliphatic carbocycles. The van der Waals surface area contributed by atoms with Gasteiger partial charge in [-0.1, -0.05) is 30.3 Å². The molecule has 0 radical (unpaired) electrons. The van der Waals surface area contributed by atoms with Gasteiger partial charge in [-0.2, -0.15) is 0 Å². The van der Waals surface area contributed by atoms with Crippen molar-refractivity contribution in [3.05, 3.63) is 41.6 Å². The molecule has 140 valence electrons. The van der Waals surface area contributed by atoms with Crippen LogP contribution in [0, 0.1) is 0 Å². The first-order valence-electron chi connectivity index (χ1n) is 10.0. The van der Waals surface area contributed by atoms with E-state index in [0.717, 1.165) is 62.4 Å². The molecular weight excluding hydrogens is 338 g/mol. The number of hydrogen-bond donors (Lipinski definition) is 2. The maximum Gasteiger partial charge on any atom is 0.239 e. The smallest absolute Gasteiger partial charge is 0.239 e. The maximum absolute atomic E-state index is 12.5. The molecule has 2 N–H and O–H groups in total. The van der Waals surface area contributed by atoms with Gasteiger partial charge in [-0.25, -0.2) is 9.97 Å². The third-order valence-corrected chi connectivity index (χ3v) is 5.66. The number of amides is 1. The van der Waals surface area contributed by atoms with E-state index in [1.165, 1.54) is 11.3 Å². The molecule has 6 heteroatoms. The van der Waals surface area contributed by atoms with E-state index >= 15 is 0 Å². The van der Waals surface area contributed by atoms with Crippen LogP contribution < -0.4 is 15.5 Å². The van der Waals surface area contributed by atoms with Gasteiger partial charge in [-0.15, -0.1) is 0 Å². The Morgan fingerprint density at radius 3 is 2.81 bits per heavy atom. The molecule has 2 fully saturated rings. The Kier molecular flexibility index (Phi) is 4.28. The number of hydrogen-bond acceptors (Lipinski definition) is 5. The summed E-state index contributed by atoms with van der Waals surface area (Å²) in [7, 11) is 0. The van der Waals surface area contributed by atoms with Gasteiger partial charge in [-0.05, 0) is 32.1 Å². The van der Waals surface area contributed by atoms with Crippen LogP contribution in [-0.4, -0.2) is 47.6 Å². The van der Waals surface area contributed by atoms with E-state index in [9.17, 15) is 4.79 Å². The topological polar surface area (TPSA) is 70.2 Å². The monoisotopic (exact) mass is 363 g/mol. The molecule has 1 aromatic carbocycles. The predicted molar refractivity (Wildman–Crippen MR) is 105 cm³/mol. The van der Waals surface area contributed by atoms with Crippen molar-refractivity contribution in [1.29, 1.82) is 0 Å². The quantitative estimate of drug-likeness (QED) is 0.865. The first-order chi connectivity index (χ1) is 13.3. The van der Waals surface area contributed by atoms with E-state index in [1.54, 1.807) is 0 Å². The van der Waals surface area contributed by atoms with Crippen molar-refractivity contribution in [2.24, 2.45) is 0 Å². The Hall–Kier alpha value is -2.47. The molecule has 0 unspecified atom stereocenters. The zero-order valence-electron chi connectivity index (χ0n) is 15.4. The maximum atomic E-state index is 12.5. The third-order valence-electron chi connectivity index (χ3n) is 5.66. The lowest BCUT2D eigenvalue weighted by Crippen LogP contribution is -2.57. The lowest BCUT2D eigenvalue weighted by Gasteiger charge is -2.35. The summed E-state index contributed by atoms with van der Waals surface area (Å²) in [5, 5.41) is 6.49. The van der Waals surface area contributed by atoms with Gasteiger partial charge < -0.3 is 15.5 Å². The predicted octanol–water partition coefficient (Wildman–Crippen LogP) is 1.69. The van der Waals surface area contributed by atoms with Gasteiger partial charge in [0, 0.05) is 42.5 Å². The summed E-state index contributed by atoms with van der Waals surface area (Å²) in [5.41, 5.74) is 3.50. The molecule has 3 aliphatic rings. The standard InChI is InChI=1S/C21H25N5O/c27-21(23-15-9-10-15)18-13-26(12-11-22-18)20-16-7-4-8-17(16)24-19(25-20)14-5-2-1-3-6-14/h1-3,5-6,15,18,22H,4,7-13H2,(H,23,27)/t18-/m0/s1. The van der Waals surface area contributed by atoms with E-state index in [2.05, 4.69) is 27.7 Å². The van der Waals surface area contributed by atoms with Crippen LogP contribution in [0.5, 0.6) is 0 Å². The molecule has 5 rings (SSSR count). The number of nitrogens with one attached hydrogen (secondary N) is 2. The number of rotatable bonds is 4. The average Bonchev–Trinajstić information content (AvgIpc) is 3.40. The second-order valence-electron chi connectivity index (χ2n) is 7.75. The van der Waals surface area contributed by atoms with Gasteiger partial charge in [0.15, 0.2) is 5.82 Å². The van der Waals surface area contributed by atoms with E-state index in [0.29, 0.717) is 12.6 Å². The SMILES string of the molecule is O=C(NC1CC1)[C@@H]1CN(c2nc(-c3ccccc3)nc3c2CCC3)CCN1. The lowest BCUT2D eigenvalue weighted by atomic mass is 10.1. The molecule has 0 bridgehead atoms. The van der Waals surface area contributed by atoms with Gasteiger partial charge in [0.2, 0.25) is 5.91 Å². The Bertz CT molecular complexity index is 849. The summed E-state index contributed by atoms with van der Waals surface area (Å²) in [4.78, 5) is 24.6. The largest absolute Gasteiger partial charge is 0.353 e. The van der Waals surface area contributed by atoms with Crippen LogP contribution in [0.3, 0.4) is 0 Å². The van der Waals surface area contributed by atoms with Crippen LogP contribution >= 0.6 is 0 Å². The molecule has 2 aromatic rings. The van der Waals surface area contributed by atoms with Crippen LogP contribution in [0.1, 0.15) is 30.5 Å². The van der Waals surface area contributed by atoms with Gasteiger partial charge in [-0.3, -0.25) is 4.79 Å². The molecule has 1 atom stereocenters. The number of fused-ring (bicyclic) bond motifs is 1. The number of benzene rings is 1. The summed E-state index contributed by atoms with van der Waals surface area (Å²) in [5.74, 6) is 1.95. The van der Waals surface area contributed by atoms with Gasteiger partial charge in [0.1, 0.15) is 11.9 Å². The van der Waals surface area contributed by atoms with Crippen molar-refractivity contribution in [3.8, 4) is 11.4 Å². The fourth-order valence-electron chi connectivity index (χ4n) is 4.04. The minimum Gasteiger partial charge on any atom is -0.353 e. The Labute approximate surface area is 159 Å². The minimum atomic E-state index is -0.174. The molecule has 1 saturated heterocycles. The molecule has 1 aromatic heterocycles. The molecular formula is C21H25N5O. The van der Waals surface area contributed by atoms with Crippen molar-refractivity contribution in [3.63, 3.8) is 0 Å². The summed E-state index contributed by atoms with van der Waals surface area (Å²) in [6.07, 6.45) is 5.40. The van der Waals surface area contributed by atoms with Crippen LogP contribution in [-0.2, 0) is 17.6 Å². The highest BCUT2D eigenvalue weighted by Crippen LogP contribution is 2.32. The van der Waals surface area contributed by atoms with Crippen LogP contribution in [0.25, 0.3) is 11.4 Å². The lowest BCUT2D eigenvalue weighted by molar-refractivity contribution is -0.123. The number of aryl methyl sites for hydroxylation is 1. The fourth-order valence-corrected chi connectivity index (χ4v) is 4.04. The Morgan fingerprint density at radius 1 is 1.15 bits per heavy atom. The number of carbonyl (C=O) groups excluding carboxylic acids is 1. The first-order valence-corrected chi connectivity index (χ1v) is 10.0. The second-order valence-corrected chi connectivity index (χ2v) is 7.75. The zero-order valence-corrected chi connectivity index (χ0v) is 15.4. The second kappa shape index (κ2) is 6.93. The van der Waals surface area contributed by atoms with Crippen molar-refractivity contribution in [2.75, 3.05) is 24.5 Å². The number of nitrogens with zero attached hydrogens (tertiary/aromatic N) is 3. The number of piperazine rings is 1. The van der Waals surface area contributed by atoms with Gasteiger partial charge in [0.25, 0.3) is 0 Å². The normalized spacial score (nSPS) is 21.8. The van der Waals surface area contributed by atoms with E-state index in [4.69, 9.17) is 9.97 Å². The Morgan fingerprint density at radius 2 is 2.00 bits per heavy atom. The van der Waals surface area contributed by atoms with Crippen molar-refractivity contribution in [2.45, 2.75) is 44.2 Å².